The molecule has 4 rings (SSSR count). The molecule has 0 bridgehead atoms. The summed E-state index contributed by atoms with van der Waals surface area (Å²) in [4.78, 5) is 23.7. The van der Waals surface area contributed by atoms with Crippen molar-refractivity contribution in [2.24, 2.45) is 5.92 Å². The highest BCUT2D eigenvalue weighted by Crippen LogP contribution is 2.60. The summed E-state index contributed by atoms with van der Waals surface area (Å²) >= 11 is 7.25. The van der Waals surface area contributed by atoms with Crippen LogP contribution in [0.3, 0.4) is 0 Å². The maximum Gasteiger partial charge on any atom is 0.421 e. The van der Waals surface area contributed by atoms with Gasteiger partial charge in [0.15, 0.2) is 5.15 Å². The smallest absolute Gasteiger partial charge is 0.421 e. The third-order valence-electron chi connectivity index (χ3n) is 4.41. The summed E-state index contributed by atoms with van der Waals surface area (Å²) in [5, 5.41) is 6.13. The zero-order chi connectivity index (χ0) is 18.7. The van der Waals surface area contributed by atoms with Gasteiger partial charge in [0.2, 0.25) is 5.95 Å². The molecule has 26 heavy (non-hydrogen) atoms. The van der Waals surface area contributed by atoms with Crippen molar-refractivity contribution in [1.29, 1.82) is 0 Å². The number of carbonyl (C=O) groups excluding carboxylic acids is 1. The summed E-state index contributed by atoms with van der Waals surface area (Å²) in [5.41, 5.74) is -1.71. The van der Waals surface area contributed by atoms with E-state index < -0.39 is 17.2 Å². The van der Waals surface area contributed by atoms with Crippen molar-refractivity contribution in [2.45, 2.75) is 18.0 Å². The molecule has 0 unspecified atom stereocenters. The van der Waals surface area contributed by atoms with Crippen LogP contribution in [0.1, 0.15) is 17.0 Å². The maximum atomic E-state index is 12.9. The molecule has 2 aliphatic rings. The predicted molar refractivity (Wildman–Crippen MR) is 87.7 cm³/mol. The third kappa shape index (κ3) is 2.57. The van der Waals surface area contributed by atoms with E-state index in [1.54, 1.807) is 0 Å². The Hall–Kier alpha value is -2.14. The SMILES string of the molecule is CNc1nc(Nc2sc([C@@]34C[C@@H]3COC4=O)nc2Cl)ncc1C(F)(F)F. The molecular formula is C14H11ClF3N5O2S. The summed E-state index contributed by atoms with van der Waals surface area (Å²) in [5.74, 6) is -0.652. The van der Waals surface area contributed by atoms with Crippen LogP contribution in [-0.4, -0.2) is 34.6 Å². The van der Waals surface area contributed by atoms with E-state index in [4.69, 9.17) is 16.3 Å². The van der Waals surface area contributed by atoms with Crippen LogP contribution in [0.15, 0.2) is 6.20 Å². The molecule has 1 aliphatic heterocycles. The average molecular weight is 406 g/mol. The van der Waals surface area contributed by atoms with E-state index in [0.717, 1.165) is 11.3 Å². The van der Waals surface area contributed by atoms with Gasteiger partial charge in [-0.2, -0.15) is 18.2 Å². The summed E-state index contributed by atoms with van der Waals surface area (Å²) in [6.45, 7) is 0.367. The molecule has 0 radical (unpaired) electrons. The lowest BCUT2D eigenvalue weighted by Gasteiger charge is -2.12. The second kappa shape index (κ2) is 5.68. The highest BCUT2D eigenvalue weighted by Gasteiger charge is 2.69. The average Bonchev–Trinajstić information content (AvgIpc) is 3.10. The van der Waals surface area contributed by atoms with Gasteiger partial charge in [0, 0.05) is 19.2 Å². The quantitative estimate of drug-likeness (QED) is 0.755. The Morgan fingerprint density at radius 2 is 2.19 bits per heavy atom. The first-order valence-corrected chi connectivity index (χ1v) is 8.68. The van der Waals surface area contributed by atoms with Crippen LogP contribution >= 0.6 is 22.9 Å². The molecule has 2 aromatic heterocycles. The van der Waals surface area contributed by atoms with Gasteiger partial charge in [-0.05, 0) is 6.42 Å². The van der Waals surface area contributed by atoms with Gasteiger partial charge < -0.3 is 15.4 Å². The number of nitrogens with zero attached hydrogens (tertiary/aromatic N) is 3. The minimum Gasteiger partial charge on any atom is -0.465 e. The number of ether oxygens (including phenoxy) is 1. The second-order valence-electron chi connectivity index (χ2n) is 5.94. The largest absolute Gasteiger partial charge is 0.465 e. The van der Waals surface area contributed by atoms with E-state index in [1.807, 2.05) is 0 Å². The first-order chi connectivity index (χ1) is 12.3. The predicted octanol–water partition coefficient (Wildman–Crippen LogP) is 3.21. The van der Waals surface area contributed by atoms with Gasteiger partial charge in [-0.15, -0.1) is 0 Å². The minimum absolute atomic E-state index is 0.0710. The number of fused-ring (bicyclic) bond motifs is 1. The Labute approximate surface area is 154 Å². The zero-order valence-electron chi connectivity index (χ0n) is 13.1. The molecule has 138 valence electrons. The number of cyclic esters (lactones) is 1. The number of hydrogen-bond donors (Lipinski definition) is 2. The number of aromatic nitrogens is 3. The number of halogens is 4. The molecular weight excluding hydrogens is 395 g/mol. The van der Waals surface area contributed by atoms with Crippen LogP contribution in [0.2, 0.25) is 5.15 Å². The number of anilines is 3. The fraction of sp³-hybridized carbons (Fsp3) is 0.429. The van der Waals surface area contributed by atoms with Gasteiger partial charge in [0.05, 0.1) is 6.61 Å². The summed E-state index contributed by atoms with van der Waals surface area (Å²) in [7, 11) is 1.33. The number of thiazole rings is 1. The van der Waals surface area contributed by atoms with Crippen LogP contribution < -0.4 is 10.6 Å². The molecule has 1 saturated carbocycles. The molecule has 1 saturated heterocycles. The molecule has 1 aliphatic carbocycles. The van der Waals surface area contributed by atoms with E-state index in [-0.39, 0.29) is 28.8 Å². The van der Waals surface area contributed by atoms with Crippen molar-refractivity contribution in [3.8, 4) is 0 Å². The van der Waals surface area contributed by atoms with Gasteiger partial charge in [-0.25, -0.2) is 9.97 Å². The summed E-state index contributed by atoms with van der Waals surface area (Å²) in [6.07, 6.45) is -3.23. The minimum atomic E-state index is -4.57. The van der Waals surface area contributed by atoms with E-state index in [1.165, 1.54) is 7.05 Å². The summed E-state index contributed by atoms with van der Waals surface area (Å²) in [6, 6.07) is 0. The van der Waals surface area contributed by atoms with Crippen LogP contribution in [0.25, 0.3) is 0 Å². The third-order valence-corrected chi connectivity index (χ3v) is 5.94. The topological polar surface area (TPSA) is 89.0 Å². The normalized spacial score (nSPS) is 24.2. The monoisotopic (exact) mass is 405 g/mol. The van der Waals surface area contributed by atoms with Crippen molar-refractivity contribution >= 4 is 45.7 Å². The molecule has 0 spiro atoms. The molecule has 3 heterocycles. The van der Waals surface area contributed by atoms with E-state index >= 15 is 0 Å². The van der Waals surface area contributed by atoms with Crippen LogP contribution in [0.4, 0.5) is 29.9 Å². The van der Waals surface area contributed by atoms with Crippen LogP contribution in [0, 0.1) is 5.92 Å². The van der Waals surface area contributed by atoms with Gasteiger partial charge in [0.25, 0.3) is 0 Å². The molecule has 2 atom stereocenters. The lowest BCUT2D eigenvalue weighted by Crippen LogP contribution is -2.18. The van der Waals surface area contributed by atoms with Crippen LogP contribution in [0.5, 0.6) is 0 Å². The Balaban J connectivity index is 1.62. The number of alkyl halides is 3. The number of nitrogens with one attached hydrogen (secondary N) is 2. The van der Waals surface area contributed by atoms with Crippen molar-refractivity contribution in [2.75, 3.05) is 24.3 Å². The van der Waals surface area contributed by atoms with Gasteiger partial charge in [-0.3, -0.25) is 4.79 Å². The van der Waals surface area contributed by atoms with Gasteiger partial charge in [0.1, 0.15) is 26.8 Å². The van der Waals surface area contributed by atoms with Crippen molar-refractivity contribution in [3.05, 3.63) is 21.9 Å². The molecule has 2 N–H and O–H groups in total. The number of esters is 1. The number of carbonyl (C=O) groups is 1. The fourth-order valence-electron chi connectivity index (χ4n) is 2.95. The lowest BCUT2D eigenvalue weighted by atomic mass is 10.1. The summed E-state index contributed by atoms with van der Waals surface area (Å²) < 4.78 is 43.8. The molecule has 0 amide bonds. The van der Waals surface area contributed by atoms with E-state index in [0.29, 0.717) is 29.2 Å². The standard InChI is InChI=1S/C14H11ClF3N5O2S/c1-19-8-6(14(16,17)18)3-20-12(22-8)23-9-7(15)21-10(26-9)13-2-5(13)4-25-11(13)24/h3,5H,2,4H2,1H3,(H2,19,20,22,23)/t5-,13-/m1/s1. The van der Waals surface area contributed by atoms with E-state index in [2.05, 4.69) is 25.6 Å². The Kier molecular flexibility index (Phi) is 3.77. The van der Waals surface area contributed by atoms with Crippen molar-refractivity contribution in [3.63, 3.8) is 0 Å². The number of hydrogen-bond acceptors (Lipinski definition) is 8. The van der Waals surface area contributed by atoms with Crippen molar-refractivity contribution < 1.29 is 22.7 Å². The Morgan fingerprint density at radius 1 is 1.42 bits per heavy atom. The van der Waals surface area contributed by atoms with Crippen LogP contribution in [-0.2, 0) is 21.1 Å². The molecule has 7 nitrogen and oxygen atoms in total. The van der Waals surface area contributed by atoms with Gasteiger partial charge in [-0.1, -0.05) is 22.9 Å². The molecule has 2 fully saturated rings. The highest BCUT2D eigenvalue weighted by atomic mass is 35.5. The lowest BCUT2D eigenvalue weighted by molar-refractivity contribution is -0.142. The van der Waals surface area contributed by atoms with E-state index in [9.17, 15) is 18.0 Å². The number of rotatable bonds is 4. The molecule has 0 aromatic carbocycles. The zero-order valence-corrected chi connectivity index (χ0v) is 14.7. The molecule has 2 aromatic rings. The van der Waals surface area contributed by atoms with Gasteiger partial charge >= 0.3 is 12.1 Å². The molecule has 12 heteroatoms. The fourth-order valence-corrected chi connectivity index (χ4v) is 4.36. The van der Waals surface area contributed by atoms with Crippen molar-refractivity contribution in [1.82, 2.24) is 15.0 Å². The Morgan fingerprint density at radius 3 is 2.77 bits per heavy atom. The maximum absolute atomic E-state index is 12.9. The second-order valence-corrected chi connectivity index (χ2v) is 7.30. The highest BCUT2D eigenvalue weighted by molar-refractivity contribution is 7.16. The Bertz CT molecular complexity index is 905. The first-order valence-electron chi connectivity index (χ1n) is 7.48. The first kappa shape index (κ1) is 17.3.